The Morgan fingerprint density at radius 3 is 2.64 bits per heavy atom. The summed E-state index contributed by atoms with van der Waals surface area (Å²) in [6.45, 7) is 7.59. The summed E-state index contributed by atoms with van der Waals surface area (Å²) in [5.41, 5.74) is 3.68. The van der Waals surface area contributed by atoms with Crippen molar-refractivity contribution in [1.82, 2.24) is 9.97 Å². The standard InChI is InChI=1S/C25H36N2O/c1-4-7-9-19(6-3)18-28-23-13-11-21(12-14-23)25-26-17-22-16-20(8-5-2)10-15-24(22)27-25/h11-14,17,19-20H,4-10,15-16,18H2,1-3H3. The normalized spacial score (nSPS) is 17.2. The van der Waals surface area contributed by atoms with E-state index in [0.717, 1.165) is 42.5 Å². The number of unbranched alkanes of at least 4 members (excludes halogenated alkanes) is 1. The van der Waals surface area contributed by atoms with Gasteiger partial charge in [-0.25, -0.2) is 9.97 Å². The van der Waals surface area contributed by atoms with Gasteiger partial charge in [-0.2, -0.15) is 0 Å². The summed E-state index contributed by atoms with van der Waals surface area (Å²) < 4.78 is 6.03. The Morgan fingerprint density at radius 2 is 1.93 bits per heavy atom. The van der Waals surface area contributed by atoms with Crippen LogP contribution in [-0.2, 0) is 12.8 Å². The number of aryl methyl sites for hydroxylation is 1. The van der Waals surface area contributed by atoms with Crippen LogP contribution in [0.1, 0.15) is 77.0 Å². The first-order chi connectivity index (χ1) is 13.7. The van der Waals surface area contributed by atoms with Crippen LogP contribution < -0.4 is 4.74 Å². The quantitative estimate of drug-likeness (QED) is 0.463. The average Bonchev–Trinajstić information content (AvgIpc) is 2.74. The van der Waals surface area contributed by atoms with Crippen molar-refractivity contribution >= 4 is 0 Å². The average molecular weight is 381 g/mol. The second-order valence-electron chi connectivity index (χ2n) is 8.31. The third kappa shape index (κ3) is 5.56. The third-order valence-corrected chi connectivity index (χ3v) is 6.09. The first-order valence-electron chi connectivity index (χ1n) is 11.3. The Labute approximate surface area is 171 Å². The van der Waals surface area contributed by atoms with Crippen molar-refractivity contribution < 1.29 is 4.74 Å². The van der Waals surface area contributed by atoms with Crippen LogP contribution in [0, 0.1) is 11.8 Å². The van der Waals surface area contributed by atoms with Crippen molar-refractivity contribution in [2.24, 2.45) is 11.8 Å². The zero-order valence-electron chi connectivity index (χ0n) is 17.9. The predicted molar refractivity (Wildman–Crippen MR) is 117 cm³/mol. The van der Waals surface area contributed by atoms with E-state index in [9.17, 15) is 0 Å². The van der Waals surface area contributed by atoms with Crippen LogP contribution in [0.3, 0.4) is 0 Å². The SMILES string of the molecule is CCCCC(CC)COc1ccc(-c2ncc3c(n2)CCC(CCC)C3)cc1. The van der Waals surface area contributed by atoms with Gasteiger partial charge < -0.3 is 4.74 Å². The fourth-order valence-corrected chi connectivity index (χ4v) is 4.19. The molecule has 0 aliphatic heterocycles. The second-order valence-corrected chi connectivity index (χ2v) is 8.31. The highest BCUT2D eigenvalue weighted by atomic mass is 16.5. The molecule has 0 N–H and O–H groups in total. The number of ether oxygens (including phenoxy) is 1. The van der Waals surface area contributed by atoms with Crippen molar-refractivity contribution in [3.8, 4) is 17.1 Å². The van der Waals surface area contributed by atoms with E-state index in [-0.39, 0.29) is 0 Å². The topological polar surface area (TPSA) is 35.0 Å². The lowest BCUT2D eigenvalue weighted by atomic mass is 9.84. The van der Waals surface area contributed by atoms with E-state index in [1.807, 2.05) is 0 Å². The Bertz CT molecular complexity index is 726. The van der Waals surface area contributed by atoms with Gasteiger partial charge in [0.25, 0.3) is 0 Å². The van der Waals surface area contributed by atoms with E-state index in [1.54, 1.807) is 0 Å². The van der Waals surface area contributed by atoms with Crippen LogP contribution in [0.15, 0.2) is 30.5 Å². The first-order valence-corrected chi connectivity index (χ1v) is 11.3. The van der Waals surface area contributed by atoms with Crippen LogP contribution in [0.4, 0.5) is 0 Å². The molecule has 0 amide bonds. The van der Waals surface area contributed by atoms with Crippen LogP contribution in [-0.4, -0.2) is 16.6 Å². The van der Waals surface area contributed by atoms with Gasteiger partial charge in [0.15, 0.2) is 5.82 Å². The summed E-state index contributed by atoms with van der Waals surface area (Å²) in [7, 11) is 0. The first kappa shape index (κ1) is 20.8. The number of hydrogen-bond acceptors (Lipinski definition) is 3. The van der Waals surface area contributed by atoms with Gasteiger partial charge in [0.1, 0.15) is 5.75 Å². The van der Waals surface area contributed by atoms with E-state index >= 15 is 0 Å². The van der Waals surface area contributed by atoms with Gasteiger partial charge in [-0.15, -0.1) is 0 Å². The minimum Gasteiger partial charge on any atom is -0.493 e. The maximum Gasteiger partial charge on any atom is 0.159 e. The van der Waals surface area contributed by atoms with Gasteiger partial charge in [-0.3, -0.25) is 0 Å². The Hall–Kier alpha value is -1.90. The van der Waals surface area contributed by atoms with E-state index in [2.05, 4.69) is 56.2 Å². The van der Waals surface area contributed by atoms with Gasteiger partial charge in [0.2, 0.25) is 0 Å². The molecule has 3 heteroatoms. The number of aromatic nitrogens is 2. The molecule has 3 nitrogen and oxygen atoms in total. The summed E-state index contributed by atoms with van der Waals surface area (Å²) in [5.74, 6) is 3.25. The van der Waals surface area contributed by atoms with E-state index in [0.29, 0.717) is 5.92 Å². The fourth-order valence-electron chi connectivity index (χ4n) is 4.19. The number of nitrogens with zero attached hydrogens (tertiary/aromatic N) is 2. The predicted octanol–water partition coefficient (Wildman–Crippen LogP) is 6.64. The van der Waals surface area contributed by atoms with Gasteiger partial charge in [0.05, 0.1) is 6.61 Å². The highest BCUT2D eigenvalue weighted by Gasteiger charge is 2.20. The molecule has 152 valence electrons. The maximum absolute atomic E-state index is 6.03. The summed E-state index contributed by atoms with van der Waals surface area (Å²) in [6, 6.07) is 8.30. The van der Waals surface area contributed by atoms with E-state index in [4.69, 9.17) is 9.72 Å². The van der Waals surface area contributed by atoms with Crippen LogP contribution in [0.2, 0.25) is 0 Å². The molecule has 0 radical (unpaired) electrons. The Morgan fingerprint density at radius 1 is 1.11 bits per heavy atom. The fraction of sp³-hybridized carbons (Fsp3) is 0.600. The highest BCUT2D eigenvalue weighted by molar-refractivity contribution is 5.56. The van der Waals surface area contributed by atoms with Crippen molar-refractivity contribution in [2.45, 2.75) is 78.6 Å². The zero-order valence-corrected chi connectivity index (χ0v) is 17.9. The smallest absolute Gasteiger partial charge is 0.159 e. The molecule has 0 saturated carbocycles. The van der Waals surface area contributed by atoms with Crippen molar-refractivity contribution in [3.05, 3.63) is 41.7 Å². The number of fused-ring (bicyclic) bond motifs is 1. The van der Waals surface area contributed by atoms with E-state index < -0.39 is 0 Å². The van der Waals surface area contributed by atoms with Crippen molar-refractivity contribution in [2.75, 3.05) is 6.61 Å². The molecule has 28 heavy (non-hydrogen) atoms. The Kier molecular flexibility index (Phi) is 7.88. The Balaban J connectivity index is 1.61. The summed E-state index contributed by atoms with van der Waals surface area (Å²) in [4.78, 5) is 9.53. The second kappa shape index (κ2) is 10.6. The molecular formula is C25H36N2O. The largest absolute Gasteiger partial charge is 0.493 e. The summed E-state index contributed by atoms with van der Waals surface area (Å²) in [5, 5.41) is 0. The molecule has 0 bridgehead atoms. The summed E-state index contributed by atoms with van der Waals surface area (Å²) >= 11 is 0. The van der Waals surface area contributed by atoms with Crippen LogP contribution in [0.25, 0.3) is 11.4 Å². The van der Waals surface area contributed by atoms with Crippen LogP contribution >= 0.6 is 0 Å². The molecular weight excluding hydrogens is 344 g/mol. The minimum absolute atomic E-state index is 0.653. The molecule has 0 fully saturated rings. The lowest BCUT2D eigenvalue weighted by molar-refractivity contribution is 0.233. The highest BCUT2D eigenvalue weighted by Crippen LogP contribution is 2.29. The molecule has 1 aromatic carbocycles. The molecule has 1 aliphatic rings. The van der Waals surface area contributed by atoms with Crippen LogP contribution in [0.5, 0.6) is 5.75 Å². The van der Waals surface area contributed by atoms with Gasteiger partial charge in [0, 0.05) is 17.5 Å². The van der Waals surface area contributed by atoms with E-state index in [1.165, 1.54) is 56.2 Å². The molecule has 1 aliphatic carbocycles. The molecule has 3 rings (SSSR count). The molecule has 2 aromatic rings. The zero-order chi connectivity index (χ0) is 19.8. The number of rotatable bonds is 10. The van der Waals surface area contributed by atoms with Gasteiger partial charge in [-0.05, 0) is 67.3 Å². The third-order valence-electron chi connectivity index (χ3n) is 6.09. The molecule has 0 saturated heterocycles. The molecule has 2 atom stereocenters. The summed E-state index contributed by atoms with van der Waals surface area (Å²) in [6.07, 6.45) is 13.1. The van der Waals surface area contributed by atoms with Crippen molar-refractivity contribution in [1.29, 1.82) is 0 Å². The molecule has 1 heterocycles. The van der Waals surface area contributed by atoms with Crippen molar-refractivity contribution in [3.63, 3.8) is 0 Å². The molecule has 0 spiro atoms. The lowest BCUT2D eigenvalue weighted by Gasteiger charge is -2.23. The monoisotopic (exact) mass is 380 g/mol. The van der Waals surface area contributed by atoms with Gasteiger partial charge >= 0.3 is 0 Å². The molecule has 2 unspecified atom stereocenters. The lowest BCUT2D eigenvalue weighted by Crippen LogP contribution is -2.16. The maximum atomic E-state index is 6.03. The number of hydrogen-bond donors (Lipinski definition) is 0. The number of benzene rings is 1. The molecule has 1 aromatic heterocycles. The minimum atomic E-state index is 0.653. The van der Waals surface area contributed by atoms with Gasteiger partial charge in [-0.1, -0.05) is 52.9 Å².